The molecule has 7 nitrogen and oxygen atoms in total. The Morgan fingerprint density at radius 3 is 2.53 bits per heavy atom. The van der Waals surface area contributed by atoms with Crippen molar-refractivity contribution in [1.82, 2.24) is 14.5 Å². The molecule has 0 aliphatic carbocycles. The lowest BCUT2D eigenvalue weighted by atomic mass is 10.0. The Labute approximate surface area is 211 Å². The average Bonchev–Trinajstić information content (AvgIpc) is 2.85. The number of halogens is 2. The van der Waals surface area contributed by atoms with Crippen molar-refractivity contribution in [1.29, 1.82) is 0 Å². The number of aromatic nitrogens is 3. The second-order valence-electron chi connectivity index (χ2n) is 8.27. The fourth-order valence-corrected chi connectivity index (χ4v) is 5.34. The molecular weight excluding hydrogens is 506 g/mol. The maximum absolute atomic E-state index is 15.0. The van der Waals surface area contributed by atoms with Gasteiger partial charge in [0.15, 0.2) is 5.16 Å². The van der Waals surface area contributed by atoms with Crippen LogP contribution in [0.25, 0.3) is 22.2 Å². The van der Waals surface area contributed by atoms with Crippen molar-refractivity contribution >= 4 is 38.5 Å². The van der Waals surface area contributed by atoms with E-state index in [1.807, 2.05) is 20.1 Å². The van der Waals surface area contributed by atoms with Crippen molar-refractivity contribution in [3.8, 4) is 11.1 Å². The van der Waals surface area contributed by atoms with Gasteiger partial charge in [-0.3, -0.25) is 14.1 Å². The molecule has 2 aromatic carbocycles. The van der Waals surface area contributed by atoms with E-state index in [0.29, 0.717) is 22.6 Å². The van der Waals surface area contributed by atoms with Crippen LogP contribution in [0.15, 0.2) is 64.7 Å². The van der Waals surface area contributed by atoms with Crippen molar-refractivity contribution in [2.24, 2.45) is 0 Å². The lowest BCUT2D eigenvalue weighted by Crippen LogP contribution is -2.26. The molecule has 1 N–H and O–H groups in total. The Morgan fingerprint density at radius 2 is 1.86 bits per heavy atom. The molecule has 0 aliphatic heterocycles. The third kappa shape index (κ3) is 5.26. The summed E-state index contributed by atoms with van der Waals surface area (Å²) in [5.74, 6) is -2.18. The van der Waals surface area contributed by atoms with Gasteiger partial charge in [-0.1, -0.05) is 43.0 Å². The SMILES string of the molecule is CC[C@@H](C)n1c(=O)c(-c2ccc(NS(=O)(=O)Cc3ccccc3F)c(F)c2)cc2cnc(SC)nc21. The molecule has 2 heterocycles. The van der Waals surface area contributed by atoms with Crippen LogP contribution in [0, 0.1) is 11.6 Å². The van der Waals surface area contributed by atoms with Crippen molar-refractivity contribution < 1.29 is 17.2 Å². The summed E-state index contributed by atoms with van der Waals surface area (Å²) in [5.41, 5.74) is 0.345. The largest absolute Gasteiger partial charge is 0.289 e. The molecule has 0 saturated carbocycles. The van der Waals surface area contributed by atoms with Gasteiger partial charge in [0.1, 0.15) is 17.3 Å². The number of rotatable bonds is 8. The number of nitrogens with one attached hydrogen (secondary N) is 1. The second kappa shape index (κ2) is 10.4. The third-order valence-corrected chi connectivity index (χ3v) is 7.60. The molecule has 188 valence electrons. The number of hydrogen-bond donors (Lipinski definition) is 1. The zero-order valence-corrected chi connectivity index (χ0v) is 21.5. The van der Waals surface area contributed by atoms with E-state index in [0.717, 1.165) is 12.1 Å². The maximum atomic E-state index is 15.0. The Bertz CT molecular complexity index is 1610. The van der Waals surface area contributed by atoms with Gasteiger partial charge in [0.2, 0.25) is 10.0 Å². The summed E-state index contributed by atoms with van der Waals surface area (Å²) < 4.78 is 57.7. The van der Waals surface area contributed by atoms with Crippen LogP contribution in [0.5, 0.6) is 0 Å². The Hall–Kier alpha value is -3.31. The van der Waals surface area contributed by atoms with Crippen molar-refractivity contribution in [2.75, 3.05) is 11.0 Å². The number of fused-ring (bicyclic) bond motifs is 1. The van der Waals surface area contributed by atoms with Gasteiger partial charge in [-0.2, -0.15) is 0 Å². The quantitative estimate of drug-likeness (QED) is 0.243. The molecule has 0 fully saturated rings. The number of nitrogens with zero attached hydrogens (tertiary/aromatic N) is 3. The molecule has 2 aromatic heterocycles. The molecule has 0 saturated heterocycles. The highest BCUT2D eigenvalue weighted by Gasteiger charge is 2.20. The molecule has 36 heavy (non-hydrogen) atoms. The molecule has 4 aromatic rings. The third-order valence-electron chi connectivity index (χ3n) is 5.81. The van der Waals surface area contributed by atoms with Gasteiger partial charge in [0.05, 0.1) is 11.4 Å². The van der Waals surface area contributed by atoms with E-state index in [-0.39, 0.29) is 34.0 Å². The van der Waals surface area contributed by atoms with Crippen LogP contribution in [0.4, 0.5) is 14.5 Å². The fraction of sp³-hybridized carbons (Fsp3) is 0.240. The Morgan fingerprint density at radius 1 is 1.11 bits per heavy atom. The normalized spacial score (nSPS) is 12.6. The molecule has 1 atom stereocenters. The molecule has 0 bridgehead atoms. The van der Waals surface area contributed by atoms with E-state index in [9.17, 15) is 17.6 Å². The van der Waals surface area contributed by atoms with Crippen LogP contribution in [0.1, 0.15) is 31.9 Å². The number of sulfonamides is 1. The van der Waals surface area contributed by atoms with E-state index in [2.05, 4.69) is 14.7 Å². The van der Waals surface area contributed by atoms with Gasteiger partial charge in [-0.25, -0.2) is 27.2 Å². The zero-order valence-electron chi connectivity index (χ0n) is 19.8. The van der Waals surface area contributed by atoms with Gasteiger partial charge in [-0.15, -0.1) is 0 Å². The van der Waals surface area contributed by atoms with E-state index >= 15 is 4.39 Å². The number of anilines is 1. The van der Waals surface area contributed by atoms with Gasteiger partial charge >= 0.3 is 0 Å². The molecule has 0 radical (unpaired) electrons. The first-order chi connectivity index (χ1) is 17.1. The predicted molar refractivity (Wildman–Crippen MR) is 139 cm³/mol. The summed E-state index contributed by atoms with van der Waals surface area (Å²) in [7, 11) is -4.09. The van der Waals surface area contributed by atoms with Crippen LogP contribution in [-0.2, 0) is 15.8 Å². The number of hydrogen-bond acceptors (Lipinski definition) is 6. The van der Waals surface area contributed by atoms with Crippen molar-refractivity contribution in [3.05, 3.63) is 82.3 Å². The van der Waals surface area contributed by atoms with E-state index < -0.39 is 27.4 Å². The van der Waals surface area contributed by atoms with Gasteiger partial charge < -0.3 is 0 Å². The molecule has 0 aliphatic rings. The van der Waals surface area contributed by atoms with Gasteiger partial charge in [0, 0.05) is 28.8 Å². The fourth-order valence-electron chi connectivity index (χ4n) is 3.79. The molecule has 0 spiro atoms. The first-order valence-electron chi connectivity index (χ1n) is 11.1. The topological polar surface area (TPSA) is 94.0 Å². The number of pyridine rings is 1. The first kappa shape index (κ1) is 25.8. The van der Waals surface area contributed by atoms with Crippen LogP contribution in [-0.4, -0.2) is 29.2 Å². The molecule has 0 amide bonds. The second-order valence-corrected chi connectivity index (χ2v) is 10.8. The summed E-state index contributed by atoms with van der Waals surface area (Å²) in [6.07, 6.45) is 4.14. The molecule has 4 rings (SSSR count). The highest BCUT2D eigenvalue weighted by atomic mass is 32.2. The van der Waals surface area contributed by atoms with Crippen molar-refractivity contribution in [2.45, 2.75) is 37.2 Å². The molecular formula is C25H24F2N4O3S2. The van der Waals surface area contributed by atoms with Crippen LogP contribution in [0.2, 0.25) is 0 Å². The maximum Gasteiger partial charge on any atom is 0.260 e. The van der Waals surface area contributed by atoms with Crippen LogP contribution in [0.3, 0.4) is 0 Å². The summed E-state index contributed by atoms with van der Waals surface area (Å²) in [6, 6.07) is 10.7. The summed E-state index contributed by atoms with van der Waals surface area (Å²) >= 11 is 1.36. The Kier molecular flexibility index (Phi) is 7.41. The zero-order chi connectivity index (χ0) is 26.0. The number of thioether (sulfide) groups is 1. The minimum absolute atomic E-state index is 0.0318. The van der Waals surface area contributed by atoms with Crippen LogP contribution < -0.4 is 10.3 Å². The van der Waals surface area contributed by atoms with Crippen molar-refractivity contribution in [3.63, 3.8) is 0 Å². The first-order valence-corrected chi connectivity index (χ1v) is 14.0. The van der Waals surface area contributed by atoms with E-state index in [1.165, 1.54) is 42.1 Å². The standard InChI is InChI=1S/C25H24F2N4O3S2/c1-4-15(2)31-23-18(13-28-25(29-23)35-3)11-19(24(31)32)16-9-10-22(21(27)12-16)30-36(33,34)14-17-7-5-6-8-20(17)26/h5-13,15,30H,4,14H2,1-3H3/t15-/m1/s1. The van der Waals surface area contributed by atoms with Crippen LogP contribution >= 0.6 is 11.8 Å². The summed E-state index contributed by atoms with van der Waals surface area (Å²) in [4.78, 5) is 22.3. The highest BCUT2D eigenvalue weighted by Crippen LogP contribution is 2.27. The van der Waals surface area contributed by atoms with Gasteiger partial charge in [-0.05, 0) is 49.4 Å². The monoisotopic (exact) mass is 530 g/mol. The van der Waals surface area contributed by atoms with Gasteiger partial charge in [0.25, 0.3) is 5.56 Å². The van der Waals surface area contributed by atoms with E-state index in [4.69, 9.17) is 0 Å². The lowest BCUT2D eigenvalue weighted by molar-refractivity contribution is 0.527. The summed E-state index contributed by atoms with van der Waals surface area (Å²) in [6.45, 7) is 3.85. The lowest BCUT2D eigenvalue weighted by Gasteiger charge is -2.18. The number of benzene rings is 2. The predicted octanol–water partition coefficient (Wildman–Crippen LogP) is 5.37. The Balaban J connectivity index is 1.73. The minimum atomic E-state index is -4.09. The van der Waals surface area contributed by atoms with E-state index in [1.54, 1.807) is 16.8 Å². The highest BCUT2D eigenvalue weighted by molar-refractivity contribution is 7.98. The molecule has 11 heteroatoms. The molecule has 0 unspecified atom stereocenters. The average molecular weight is 531 g/mol. The minimum Gasteiger partial charge on any atom is -0.289 e. The summed E-state index contributed by atoms with van der Waals surface area (Å²) in [5, 5.41) is 1.16. The smallest absolute Gasteiger partial charge is 0.260 e.